The molecule has 0 bridgehead atoms. The van der Waals surface area contributed by atoms with Crippen LogP contribution in [0.15, 0.2) is 48.5 Å². The second-order valence-corrected chi connectivity index (χ2v) is 5.58. The first-order chi connectivity index (χ1) is 11.1. The number of nitrogens with one attached hydrogen (secondary N) is 1. The summed E-state index contributed by atoms with van der Waals surface area (Å²) in [6.45, 7) is 3.84. The molecule has 122 valence electrons. The number of hydrogen-bond acceptors (Lipinski definition) is 3. The van der Waals surface area contributed by atoms with Crippen molar-refractivity contribution in [2.75, 3.05) is 25.6 Å². The van der Waals surface area contributed by atoms with Gasteiger partial charge in [0.25, 0.3) is 5.91 Å². The van der Waals surface area contributed by atoms with E-state index in [1.165, 1.54) is 0 Å². The molecule has 0 aliphatic rings. The quantitative estimate of drug-likeness (QED) is 0.853. The van der Waals surface area contributed by atoms with E-state index in [0.717, 1.165) is 16.8 Å². The molecule has 0 saturated carbocycles. The standard InChI is InChI=1S/C19H24N2O2/c1-4-23-14-16-7-5-15(6-8-16)13-20-19(22)17-9-11-18(12-10-17)21(2)3/h5-12H,4,13-14H2,1-3H3,(H,20,22). The van der Waals surface area contributed by atoms with Crippen LogP contribution in [-0.2, 0) is 17.9 Å². The minimum Gasteiger partial charge on any atom is -0.378 e. The van der Waals surface area contributed by atoms with E-state index >= 15 is 0 Å². The monoisotopic (exact) mass is 312 g/mol. The van der Waals surface area contributed by atoms with E-state index in [2.05, 4.69) is 5.32 Å². The van der Waals surface area contributed by atoms with Gasteiger partial charge >= 0.3 is 0 Å². The summed E-state index contributed by atoms with van der Waals surface area (Å²) in [4.78, 5) is 14.2. The van der Waals surface area contributed by atoms with Crippen molar-refractivity contribution in [3.05, 3.63) is 65.2 Å². The maximum atomic E-state index is 12.2. The van der Waals surface area contributed by atoms with Gasteiger partial charge in [-0.2, -0.15) is 0 Å². The Morgan fingerprint density at radius 3 is 2.17 bits per heavy atom. The molecule has 0 spiro atoms. The highest BCUT2D eigenvalue weighted by atomic mass is 16.5. The number of nitrogens with zero attached hydrogens (tertiary/aromatic N) is 1. The minimum absolute atomic E-state index is 0.0614. The molecule has 4 nitrogen and oxygen atoms in total. The highest BCUT2D eigenvalue weighted by Crippen LogP contribution is 2.12. The Morgan fingerprint density at radius 2 is 1.61 bits per heavy atom. The molecule has 0 aliphatic heterocycles. The molecule has 0 unspecified atom stereocenters. The van der Waals surface area contributed by atoms with Gasteiger partial charge in [0.05, 0.1) is 6.61 Å². The van der Waals surface area contributed by atoms with Gasteiger partial charge in [-0.25, -0.2) is 0 Å². The van der Waals surface area contributed by atoms with Crippen molar-refractivity contribution >= 4 is 11.6 Å². The molecule has 0 fully saturated rings. The first-order valence-electron chi connectivity index (χ1n) is 7.81. The van der Waals surface area contributed by atoms with Crippen LogP contribution in [0.3, 0.4) is 0 Å². The van der Waals surface area contributed by atoms with Crippen LogP contribution in [-0.4, -0.2) is 26.6 Å². The minimum atomic E-state index is -0.0614. The topological polar surface area (TPSA) is 41.6 Å². The number of hydrogen-bond donors (Lipinski definition) is 1. The van der Waals surface area contributed by atoms with E-state index in [-0.39, 0.29) is 5.91 Å². The van der Waals surface area contributed by atoms with Crippen molar-refractivity contribution in [3.63, 3.8) is 0 Å². The maximum Gasteiger partial charge on any atom is 0.251 e. The number of benzene rings is 2. The molecule has 0 saturated heterocycles. The molecule has 23 heavy (non-hydrogen) atoms. The molecule has 1 N–H and O–H groups in total. The lowest BCUT2D eigenvalue weighted by molar-refractivity contribution is 0.0951. The van der Waals surface area contributed by atoms with Gasteiger partial charge in [0.15, 0.2) is 0 Å². The average molecular weight is 312 g/mol. The third-order valence-corrected chi connectivity index (χ3v) is 3.59. The zero-order valence-electron chi connectivity index (χ0n) is 14.0. The number of ether oxygens (including phenoxy) is 1. The summed E-state index contributed by atoms with van der Waals surface area (Å²) in [5.74, 6) is -0.0614. The van der Waals surface area contributed by atoms with Crippen molar-refractivity contribution in [3.8, 4) is 0 Å². The summed E-state index contributed by atoms with van der Waals surface area (Å²) in [6.07, 6.45) is 0. The van der Waals surface area contributed by atoms with Crippen molar-refractivity contribution in [1.82, 2.24) is 5.32 Å². The molecule has 0 aromatic heterocycles. The molecule has 2 aromatic rings. The summed E-state index contributed by atoms with van der Waals surface area (Å²) >= 11 is 0. The molecule has 1 amide bonds. The Kier molecular flexibility index (Phi) is 6.18. The van der Waals surface area contributed by atoms with Crippen LogP contribution in [0, 0.1) is 0 Å². The van der Waals surface area contributed by atoms with Gasteiger partial charge in [-0.3, -0.25) is 4.79 Å². The van der Waals surface area contributed by atoms with Gasteiger partial charge in [0, 0.05) is 38.5 Å². The number of carbonyl (C=O) groups is 1. The molecule has 0 radical (unpaired) electrons. The molecular formula is C19H24N2O2. The van der Waals surface area contributed by atoms with Crippen LogP contribution in [0.4, 0.5) is 5.69 Å². The summed E-state index contributed by atoms with van der Waals surface area (Å²) in [5, 5.41) is 2.94. The van der Waals surface area contributed by atoms with Gasteiger partial charge in [-0.1, -0.05) is 24.3 Å². The highest BCUT2D eigenvalue weighted by molar-refractivity contribution is 5.94. The fourth-order valence-electron chi connectivity index (χ4n) is 2.17. The summed E-state index contributed by atoms with van der Waals surface area (Å²) in [7, 11) is 3.95. The summed E-state index contributed by atoms with van der Waals surface area (Å²) in [5.41, 5.74) is 3.96. The molecule has 4 heteroatoms. The Labute approximate surface area is 138 Å². The van der Waals surface area contributed by atoms with E-state index < -0.39 is 0 Å². The van der Waals surface area contributed by atoms with Gasteiger partial charge in [-0.05, 0) is 42.3 Å². The third-order valence-electron chi connectivity index (χ3n) is 3.59. The molecule has 0 heterocycles. The summed E-state index contributed by atoms with van der Waals surface area (Å²) in [6, 6.07) is 15.7. The molecular weight excluding hydrogens is 288 g/mol. The average Bonchev–Trinajstić information content (AvgIpc) is 2.58. The van der Waals surface area contributed by atoms with Crippen LogP contribution in [0.5, 0.6) is 0 Å². The lowest BCUT2D eigenvalue weighted by Crippen LogP contribution is -2.22. The Morgan fingerprint density at radius 1 is 1.00 bits per heavy atom. The molecule has 2 rings (SSSR count). The lowest BCUT2D eigenvalue weighted by atomic mass is 10.1. The Bertz CT molecular complexity index is 619. The molecule has 0 aliphatic carbocycles. The van der Waals surface area contributed by atoms with Crippen LogP contribution >= 0.6 is 0 Å². The maximum absolute atomic E-state index is 12.2. The Balaban J connectivity index is 1.88. The number of rotatable bonds is 7. The largest absolute Gasteiger partial charge is 0.378 e. The smallest absolute Gasteiger partial charge is 0.251 e. The zero-order valence-corrected chi connectivity index (χ0v) is 14.0. The van der Waals surface area contributed by atoms with Crippen LogP contribution in [0.1, 0.15) is 28.4 Å². The van der Waals surface area contributed by atoms with Crippen LogP contribution < -0.4 is 10.2 Å². The first kappa shape index (κ1) is 17.0. The van der Waals surface area contributed by atoms with Crippen molar-refractivity contribution in [1.29, 1.82) is 0 Å². The van der Waals surface area contributed by atoms with E-state index in [1.54, 1.807) is 0 Å². The third kappa shape index (κ3) is 5.11. The number of amides is 1. The number of carbonyl (C=O) groups excluding carboxylic acids is 1. The van der Waals surface area contributed by atoms with Crippen LogP contribution in [0.2, 0.25) is 0 Å². The van der Waals surface area contributed by atoms with Crippen molar-refractivity contribution in [2.24, 2.45) is 0 Å². The van der Waals surface area contributed by atoms with E-state index in [4.69, 9.17) is 4.74 Å². The first-order valence-corrected chi connectivity index (χ1v) is 7.81. The van der Waals surface area contributed by atoms with Crippen molar-refractivity contribution < 1.29 is 9.53 Å². The normalized spacial score (nSPS) is 10.4. The fourth-order valence-corrected chi connectivity index (χ4v) is 2.17. The van der Waals surface area contributed by atoms with Crippen LogP contribution in [0.25, 0.3) is 0 Å². The predicted octanol–water partition coefficient (Wildman–Crippen LogP) is 3.22. The zero-order chi connectivity index (χ0) is 16.7. The van der Waals surface area contributed by atoms with Crippen molar-refractivity contribution in [2.45, 2.75) is 20.1 Å². The number of anilines is 1. The molecule has 0 atom stereocenters. The second kappa shape index (κ2) is 8.34. The fraction of sp³-hybridized carbons (Fsp3) is 0.316. The van der Waals surface area contributed by atoms with Gasteiger partial charge in [0.2, 0.25) is 0 Å². The highest BCUT2D eigenvalue weighted by Gasteiger charge is 2.05. The van der Waals surface area contributed by atoms with Gasteiger partial charge in [-0.15, -0.1) is 0 Å². The predicted molar refractivity (Wildman–Crippen MR) is 93.7 cm³/mol. The SMILES string of the molecule is CCOCc1ccc(CNC(=O)c2ccc(N(C)C)cc2)cc1. The van der Waals surface area contributed by atoms with Gasteiger partial charge in [0.1, 0.15) is 0 Å². The molecule has 2 aromatic carbocycles. The Hall–Kier alpha value is -2.33. The van der Waals surface area contributed by atoms with E-state index in [1.807, 2.05) is 74.4 Å². The van der Waals surface area contributed by atoms with E-state index in [0.29, 0.717) is 25.3 Å². The summed E-state index contributed by atoms with van der Waals surface area (Å²) < 4.78 is 5.37. The second-order valence-electron chi connectivity index (χ2n) is 5.58. The van der Waals surface area contributed by atoms with Gasteiger partial charge < -0.3 is 15.0 Å². The lowest BCUT2D eigenvalue weighted by Gasteiger charge is -2.12. The van der Waals surface area contributed by atoms with E-state index in [9.17, 15) is 4.79 Å².